The molecule has 0 radical (unpaired) electrons. The summed E-state index contributed by atoms with van der Waals surface area (Å²) in [6.45, 7) is 5.72. The van der Waals surface area contributed by atoms with Crippen LogP contribution in [0.15, 0.2) is 42.5 Å². The van der Waals surface area contributed by atoms with Gasteiger partial charge in [0.05, 0.1) is 18.8 Å². The summed E-state index contributed by atoms with van der Waals surface area (Å²) in [6, 6.07) is 11.7. The van der Waals surface area contributed by atoms with Crippen LogP contribution in [-0.4, -0.2) is 69.9 Å². The van der Waals surface area contributed by atoms with E-state index in [4.69, 9.17) is 14.2 Å². The van der Waals surface area contributed by atoms with E-state index >= 15 is 0 Å². The van der Waals surface area contributed by atoms with E-state index in [1.807, 2.05) is 6.92 Å². The minimum atomic E-state index is -0.425. The number of carbonyl (C=O) groups is 2. The van der Waals surface area contributed by atoms with Gasteiger partial charge in [-0.3, -0.25) is 4.79 Å². The molecular formula is C25H34N4O5. The highest BCUT2D eigenvalue weighted by molar-refractivity contribution is 6.02. The molecule has 0 fully saturated rings. The lowest BCUT2D eigenvalue weighted by molar-refractivity contribution is 0.0281. The Hall–Kier alpha value is -3.30. The molecule has 1 aliphatic heterocycles. The van der Waals surface area contributed by atoms with E-state index in [0.717, 1.165) is 6.54 Å². The smallest absolute Gasteiger partial charge is 0.323 e. The second kappa shape index (κ2) is 11.7. The Morgan fingerprint density at radius 1 is 1.09 bits per heavy atom. The lowest BCUT2D eigenvalue weighted by Crippen LogP contribution is -2.44. The van der Waals surface area contributed by atoms with Crippen molar-refractivity contribution in [2.24, 2.45) is 5.92 Å². The predicted octanol–water partition coefficient (Wildman–Crippen LogP) is 3.43. The van der Waals surface area contributed by atoms with Crippen molar-refractivity contribution in [2.45, 2.75) is 26.0 Å². The van der Waals surface area contributed by atoms with E-state index in [-0.39, 0.29) is 24.0 Å². The number of benzene rings is 2. The first kappa shape index (κ1) is 25.3. The van der Waals surface area contributed by atoms with Crippen molar-refractivity contribution in [3.8, 4) is 11.5 Å². The molecule has 3 N–H and O–H groups in total. The summed E-state index contributed by atoms with van der Waals surface area (Å²) in [4.78, 5) is 27.5. The zero-order valence-corrected chi connectivity index (χ0v) is 20.4. The Bertz CT molecular complexity index is 982. The summed E-state index contributed by atoms with van der Waals surface area (Å²) in [6.07, 6.45) is -0.117. The molecule has 0 unspecified atom stereocenters. The average molecular weight is 471 g/mol. The number of methoxy groups -OCH3 is 2. The van der Waals surface area contributed by atoms with Crippen molar-refractivity contribution in [2.75, 3.05) is 51.6 Å². The largest absolute Gasteiger partial charge is 0.497 e. The number of hydrogen-bond donors (Lipinski definition) is 3. The lowest BCUT2D eigenvalue weighted by Gasteiger charge is -2.30. The van der Waals surface area contributed by atoms with Gasteiger partial charge in [-0.05, 0) is 55.3 Å². The van der Waals surface area contributed by atoms with Gasteiger partial charge in [-0.25, -0.2) is 4.79 Å². The van der Waals surface area contributed by atoms with E-state index in [0.29, 0.717) is 41.6 Å². The zero-order chi connectivity index (χ0) is 24.7. The number of ether oxygens (including phenoxy) is 3. The summed E-state index contributed by atoms with van der Waals surface area (Å²) in [5.41, 5.74) is 1.47. The van der Waals surface area contributed by atoms with Crippen molar-refractivity contribution in [3.05, 3.63) is 48.0 Å². The van der Waals surface area contributed by atoms with Crippen LogP contribution in [0.2, 0.25) is 0 Å². The Kier molecular flexibility index (Phi) is 8.72. The summed E-state index contributed by atoms with van der Waals surface area (Å²) in [7, 11) is 4.98. The fraction of sp³-hybridized carbons (Fsp3) is 0.440. The fourth-order valence-corrected chi connectivity index (χ4v) is 3.71. The van der Waals surface area contributed by atoms with Gasteiger partial charge in [0, 0.05) is 44.7 Å². The molecule has 0 saturated carbocycles. The second-order valence-corrected chi connectivity index (χ2v) is 8.58. The molecule has 1 aliphatic rings. The number of nitrogens with one attached hydrogen (secondary N) is 3. The van der Waals surface area contributed by atoms with Crippen molar-refractivity contribution in [1.29, 1.82) is 0 Å². The maximum atomic E-state index is 13.3. The molecule has 3 atom stereocenters. The first-order valence-electron chi connectivity index (χ1n) is 11.3. The normalized spacial score (nSPS) is 21.4. The van der Waals surface area contributed by atoms with Gasteiger partial charge in [-0.2, -0.15) is 0 Å². The molecule has 2 aromatic rings. The molecule has 1 heterocycles. The standard InChI is InChI=1S/C25H34N4O5/c1-16-13-26-17(2)15-34-22-11-8-19(12-21(22)24(30)29(3)14-23(16)33-5)28-25(31)27-18-6-9-20(32-4)10-7-18/h6-12,16-17,23,26H,13-15H2,1-5H3,(H2,27,28,31)/t16-,17-,23+/m1/s1. The number of nitrogens with zero attached hydrogens (tertiary/aromatic N) is 1. The monoisotopic (exact) mass is 470 g/mol. The third-order valence-electron chi connectivity index (χ3n) is 5.83. The van der Waals surface area contributed by atoms with Crippen LogP contribution in [0.5, 0.6) is 11.5 Å². The first-order chi connectivity index (χ1) is 16.3. The molecule has 0 aliphatic carbocycles. The Morgan fingerprint density at radius 3 is 2.44 bits per heavy atom. The number of anilines is 2. The number of rotatable bonds is 4. The van der Waals surface area contributed by atoms with Gasteiger partial charge >= 0.3 is 6.03 Å². The second-order valence-electron chi connectivity index (χ2n) is 8.58. The summed E-state index contributed by atoms with van der Waals surface area (Å²) in [5.74, 6) is 1.17. The molecule has 184 valence electrons. The highest BCUT2D eigenvalue weighted by Crippen LogP contribution is 2.26. The van der Waals surface area contributed by atoms with Crippen LogP contribution in [0.25, 0.3) is 0 Å². The summed E-state index contributed by atoms with van der Waals surface area (Å²) in [5, 5.41) is 9.00. The van der Waals surface area contributed by atoms with Crippen LogP contribution in [-0.2, 0) is 4.74 Å². The molecule has 9 heteroatoms. The summed E-state index contributed by atoms with van der Waals surface area (Å²) < 4.78 is 16.8. The van der Waals surface area contributed by atoms with E-state index < -0.39 is 6.03 Å². The Morgan fingerprint density at radius 2 is 1.76 bits per heavy atom. The highest BCUT2D eigenvalue weighted by Gasteiger charge is 2.25. The number of fused-ring (bicyclic) bond motifs is 1. The molecule has 0 bridgehead atoms. The van der Waals surface area contributed by atoms with E-state index in [1.54, 1.807) is 68.6 Å². The average Bonchev–Trinajstić information content (AvgIpc) is 2.84. The van der Waals surface area contributed by atoms with Crippen LogP contribution in [0.3, 0.4) is 0 Å². The van der Waals surface area contributed by atoms with Crippen LogP contribution < -0.4 is 25.4 Å². The predicted molar refractivity (Wildman–Crippen MR) is 132 cm³/mol. The minimum absolute atomic E-state index is 0.0909. The number of hydrogen-bond acceptors (Lipinski definition) is 6. The van der Waals surface area contributed by atoms with Crippen molar-refractivity contribution in [3.63, 3.8) is 0 Å². The first-order valence-corrected chi connectivity index (χ1v) is 11.3. The van der Waals surface area contributed by atoms with Crippen molar-refractivity contribution >= 4 is 23.3 Å². The Balaban J connectivity index is 1.79. The van der Waals surface area contributed by atoms with Crippen LogP contribution in [0.4, 0.5) is 16.2 Å². The van der Waals surface area contributed by atoms with E-state index in [2.05, 4.69) is 22.9 Å². The lowest BCUT2D eigenvalue weighted by atomic mass is 10.0. The molecule has 3 rings (SSSR count). The number of carbonyl (C=O) groups excluding carboxylic acids is 2. The van der Waals surface area contributed by atoms with Gasteiger partial charge < -0.3 is 35.1 Å². The number of urea groups is 1. The summed E-state index contributed by atoms with van der Waals surface area (Å²) >= 11 is 0. The SMILES string of the molecule is COc1ccc(NC(=O)Nc2ccc3c(c2)C(=O)N(C)C[C@H](OC)[C@H](C)CN[C@H](C)CO3)cc1. The third kappa shape index (κ3) is 6.61. The van der Waals surface area contributed by atoms with Crippen LogP contribution >= 0.6 is 0 Å². The van der Waals surface area contributed by atoms with Crippen LogP contribution in [0, 0.1) is 5.92 Å². The Labute approximate surface area is 200 Å². The fourth-order valence-electron chi connectivity index (χ4n) is 3.71. The van der Waals surface area contributed by atoms with Gasteiger partial charge in [0.15, 0.2) is 0 Å². The molecule has 9 nitrogen and oxygen atoms in total. The van der Waals surface area contributed by atoms with E-state index in [9.17, 15) is 9.59 Å². The number of likely N-dealkylation sites (N-methyl/N-ethyl adjacent to an activating group) is 1. The van der Waals surface area contributed by atoms with Gasteiger partial charge in [0.2, 0.25) is 0 Å². The van der Waals surface area contributed by atoms with Crippen LogP contribution in [0.1, 0.15) is 24.2 Å². The van der Waals surface area contributed by atoms with Crippen molar-refractivity contribution in [1.82, 2.24) is 10.2 Å². The quantitative estimate of drug-likeness (QED) is 0.633. The molecule has 3 amide bonds. The number of amides is 3. The molecule has 0 spiro atoms. The molecular weight excluding hydrogens is 436 g/mol. The van der Waals surface area contributed by atoms with Gasteiger partial charge in [-0.1, -0.05) is 6.92 Å². The maximum absolute atomic E-state index is 13.3. The third-order valence-corrected chi connectivity index (χ3v) is 5.83. The molecule has 34 heavy (non-hydrogen) atoms. The zero-order valence-electron chi connectivity index (χ0n) is 20.4. The topological polar surface area (TPSA) is 101 Å². The van der Waals surface area contributed by atoms with Gasteiger partial charge in [-0.15, -0.1) is 0 Å². The molecule has 2 aromatic carbocycles. The van der Waals surface area contributed by atoms with Gasteiger partial charge in [0.1, 0.15) is 18.1 Å². The van der Waals surface area contributed by atoms with Gasteiger partial charge in [0.25, 0.3) is 5.91 Å². The highest BCUT2D eigenvalue weighted by atomic mass is 16.5. The molecule has 0 aromatic heterocycles. The van der Waals surface area contributed by atoms with E-state index in [1.165, 1.54) is 0 Å². The minimum Gasteiger partial charge on any atom is -0.497 e. The maximum Gasteiger partial charge on any atom is 0.323 e. The van der Waals surface area contributed by atoms with Crippen molar-refractivity contribution < 1.29 is 23.8 Å². The molecule has 0 saturated heterocycles.